The van der Waals surface area contributed by atoms with E-state index < -0.39 is 0 Å². The predicted octanol–water partition coefficient (Wildman–Crippen LogP) is 4.23. The molecule has 1 aliphatic heterocycles. The first kappa shape index (κ1) is 18.9. The summed E-state index contributed by atoms with van der Waals surface area (Å²) < 4.78 is 5.46. The Labute approximate surface area is 167 Å². The minimum Gasteiger partial charge on any atom is -0.379 e. The van der Waals surface area contributed by atoms with Gasteiger partial charge in [-0.25, -0.2) is 4.98 Å². The second-order valence-corrected chi connectivity index (χ2v) is 7.46. The van der Waals surface area contributed by atoms with Crippen LogP contribution < -0.4 is 4.90 Å². The van der Waals surface area contributed by atoms with Crippen molar-refractivity contribution in [2.24, 2.45) is 0 Å². The molecule has 2 aromatic carbocycles. The number of fused-ring (bicyclic) bond motifs is 1. The van der Waals surface area contributed by atoms with E-state index >= 15 is 0 Å². The fraction of sp³-hybridized carbons (Fsp3) is 0.375. The van der Waals surface area contributed by atoms with Crippen molar-refractivity contribution >= 4 is 16.7 Å². The first-order valence-electron chi connectivity index (χ1n) is 10.2. The van der Waals surface area contributed by atoms with Crippen molar-refractivity contribution in [2.45, 2.75) is 13.3 Å². The fourth-order valence-corrected chi connectivity index (χ4v) is 3.74. The maximum Gasteiger partial charge on any atom is 0.129 e. The molecule has 0 spiro atoms. The summed E-state index contributed by atoms with van der Waals surface area (Å²) in [7, 11) is 2.10. The summed E-state index contributed by atoms with van der Waals surface area (Å²) in [5, 5.41) is 1.24. The van der Waals surface area contributed by atoms with Crippen molar-refractivity contribution in [3.63, 3.8) is 0 Å². The van der Waals surface area contributed by atoms with Gasteiger partial charge in [0.15, 0.2) is 0 Å². The highest BCUT2D eigenvalue weighted by Crippen LogP contribution is 2.32. The lowest BCUT2D eigenvalue weighted by Gasteiger charge is -2.26. The average molecular weight is 376 g/mol. The van der Waals surface area contributed by atoms with Gasteiger partial charge in [0.2, 0.25) is 0 Å². The third-order valence-corrected chi connectivity index (χ3v) is 5.63. The number of nitrogens with zero attached hydrogens (tertiary/aromatic N) is 3. The standard InChI is InChI=1S/C24H29N3O/c1-3-26(2)24-18-21(20-7-5-4-6-8-20)22-17-19(9-10-23(22)25-24)11-12-27-13-15-28-16-14-27/h4-10,17-18H,3,11-16H2,1-2H3. The van der Waals surface area contributed by atoms with Crippen molar-refractivity contribution in [1.29, 1.82) is 0 Å². The molecule has 2 heterocycles. The Kier molecular flexibility index (Phi) is 5.89. The molecule has 0 N–H and O–H groups in total. The molecule has 0 atom stereocenters. The summed E-state index contributed by atoms with van der Waals surface area (Å²) in [6.45, 7) is 7.96. The highest BCUT2D eigenvalue weighted by atomic mass is 16.5. The second-order valence-electron chi connectivity index (χ2n) is 7.46. The maximum absolute atomic E-state index is 5.46. The summed E-state index contributed by atoms with van der Waals surface area (Å²) in [5.74, 6) is 1.02. The number of ether oxygens (including phenoxy) is 1. The monoisotopic (exact) mass is 375 g/mol. The molecule has 0 radical (unpaired) electrons. The van der Waals surface area contributed by atoms with E-state index in [1.165, 1.54) is 22.1 Å². The van der Waals surface area contributed by atoms with Crippen LogP contribution in [-0.2, 0) is 11.2 Å². The maximum atomic E-state index is 5.46. The number of morpholine rings is 1. The lowest BCUT2D eigenvalue weighted by atomic mass is 9.98. The molecule has 0 amide bonds. The molecule has 0 bridgehead atoms. The molecule has 1 saturated heterocycles. The van der Waals surface area contributed by atoms with Crippen LogP contribution in [0.5, 0.6) is 0 Å². The Hall–Kier alpha value is -2.43. The van der Waals surface area contributed by atoms with Gasteiger partial charge in [0.05, 0.1) is 18.7 Å². The topological polar surface area (TPSA) is 28.6 Å². The van der Waals surface area contributed by atoms with E-state index in [1.54, 1.807) is 0 Å². The van der Waals surface area contributed by atoms with Crippen LogP contribution in [0.3, 0.4) is 0 Å². The SMILES string of the molecule is CCN(C)c1cc(-c2ccccc2)c2cc(CCN3CCOCC3)ccc2n1. The molecule has 3 aromatic rings. The van der Waals surface area contributed by atoms with E-state index in [4.69, 9.17) is 9.72 Å². The number of rotatable bonds is 6. The molecule has 1 fully saturated rings. The lowest BCUT2D eigenvalue weighted by Crippen LogP contribution is -2.37. The molecule has 146 valence electrons. The van der Waals surface area contributed by atoms with Crippen molar-refractivity contribution in [3.8, 4) is 11.1 Å². The van der Waals surface area contributed by atoms with Crippen LogP contribution in [0.1, 0.15) is 12.5 Å². The average Bonchev–Trinajstić information content (AvgIpc) is 2.77. The Morgan fingerprint density at radius 1 is 1.04 bits per heavy atom. The summed E-state index contributed by atoms with van der Waals surface area (Å²) >= 11 is 0. The van der Waals surface area contributed by atoms with Crippen LogP contribution >= 0.6 is 0 Å². The highest BCUT2D eigenvalue weighted by Gasteiger charge is 2.13. The Balaban J connectivity index is 1.69. The number of benzene rings is 2. The number of anilines is 1. The van der Waals surface area contributed by atoms with Crippen LogP contribution in [0, 0.1) is 0 Å². The molecule has 0 unspecified atom stereocenters. The van der Waals surface area contributed by atoms with E-state index in [2.05, 4.69) is 78.4 Å². The van der Waals surface area contributed by atoms with Gasteiger partial charge in [0, 0.05) is 38.6 Å². The van der Waals surface area contributed by atoms with Gasteiger partial charge >= 0.3 is 0 Å². The first-order chi connectivity index (χ1) is 13.7. The van der Waals surface area contributed by atoms with E-state index in [-0.39, 0.29) is 0 Å². The number of aromatic nitrogens is 1. The van der Waals surface area contributed by atoms with Gasteiger partial charge in [-0.2, -0.15) is 0 Å². The summed E-state index contributed by atoms with van der Waals surface area (Å²) in [4.78, 5) is 9.60. The van der Waals surface area contributed by atoms with E-state index in [0.29, 0.717) is 0 Å². The lowest BCUT2D eigenvalue weighted by molar-refractivity contribution is 0.0384. The predicted molar refractivity (Wildman–Crippen MR) is 117 cm³/mol. The summed E-state index contributed by atoms with van der Waals surface area (Å²) in [5.41, 5.74) is 4.93. The molecule has 4 nitrogen and oxygen atoms in total. The zero-order valence-electron chi connectivity index (χ0n) is 16.9. The van der Waals surface area contributed by atoms with Crippen molar-refractivity contribution < 1.29 is 4.74 Å². The first-order valence-corrected chi connectivity index (χ1v) is 10.2. The molecule has 0 aliphatic carbocycles. The van der Waals surface area contributed by atoms with Crippen molar-refractivity contribution in [2.75, 3.05) is 51.3 Å². The van der Waals surface area contributed by atoms with Crippen LogP contribution in [0.15, 0.2) is 54.6 Å². The molecule has 28 heavy (non-hydrogen) atoms. The molecular weight excluding hydrogens is 346 g/mol. The van der Waals surface area contributed by atoms with Crippen LogP contribution in [0.4, 0.5) is 5.82 Å². The Morgan fingerprint density at radius 3 is 2.57 bits per heavy atom. The minimum atomic E-state index is 0.855. The molecule has 0 saturated carbocycles. The van der Waals surface area contributed by atoms with Gasteiger partial charge in [-0.15, -0.1) is 0 Å². The molecule has 4 heteroatoms. The van der Waals surface area contributed by atoms with Crippen LogP contribution in [-0.4, -0.2) is 56.3 Å². The van der Waals surface area contributed by atoms with Gasteiger partial charge in [0.1, 0.15) is 5.82 Å². The van der Waals surface area contributed by atoms with Crippen LogP contribution in [0.25, 0.3) is 22.0 Å². The van der Waals surface area contributed by atoms with Crippen LogP contribution in [0.2, 0.25) is 0 Å². The van der Waals surface area contributed by atoms with Gasteiger partial charge < -0.3 is 9.64 Å². The normalized spacial score (nSPS) is 15.1. The van der Waals surface area contributed by atoms with E-state index in [1.807, 2.05) is 0 Å². The minimum absolute atomic E-state index is 0.855. The molecule has 1 aliphatic rings. The molecule has 1 aromatic heterocycles. The third kappa shape index (κ3) is 4.18. The summed E-state index contributed by atoms with van der Waals surface area (Å²) in [6.07, 6.45) is 1.06. The van der Waals surface area contributed by atoms with Gasteiger partial charge in [-0.3, -0.25) is 4.90 Å². The highest BCUT2D eigenvalue weighted by molar-refractivity contribution is 5.96. The Morgan fingerprint density at radius 2 is 1.82 bits per heavy atom. The van der Waals surface area contributed by atoms with Crippen molar-refractivity contribution in [3.05, 3.63) is 60.2 Å². The zero-order valence-corrected chi connectivity index (χ0v) is 16.9. The van der Waals surface area contributed by atoms with E-state index in [9.17, 15) is 0 Å². The Bertz CT molecular complexity index is 920. The van der Waals surface area contributed by atoms with Crippen molar-refractivity contribution in [1.82, 2.24) is 9.88 Å². The molecular formula is C24H29N3O. The largest absolute Gasteiger partial charge is 0.379 e. The van der Waals surface area contributed by atoms with E-state index in [0.717, 1.165) is 57.1 Å². The fourth-order valence-electron chi connectivity index (χ4n) is 3.74. The summed E-state index contributed by atoms with van der Waals surface area (Å²) in [6, 6.07) is 19.6. The number of pyridine rings is 1. The van der Waals surface area contributed by atoms with Gasteiger partial charge in [-0.1, -0.05) is 36.4 Å². The van der Waals surface area contributed by atoms with Gasteiger partial charge in [0.25, 0.3) is 0 Å². The smallest absolute Gasteiger partial charge is 0.129 e. The third-order valence-electron chi connectivity index (χ3n) is 5.63. The number of hydrogen-bond donors (Lipinski definition) is 0. The van der Waals surface area contributed by atoms with Gasteiger partial charge in [-0.05, 0) is 48.2 Å². The number of hydrogen-bond acceptors (Lipinski definition) is 4. The second kappa shape index (κ2) is 8.72. The quantitative estimate of drug-likeness (QED) is 0.645. The molecule has 4 rings (SSSR count). The zero-order chi connectivity index (χ0) is 19.3.